The second-order valence-corrected chi connectivity index (χ2v) is 2.91. The van der Waals surface area contributed by atoms with Crippen LogP contribution < -0.4 is 0 Å². The normalized spacial score (nSPS) is 8.92. The third-order valence-corrected chi connectivity index (χ3v) is 1.36. The van der Waals surface area contributed by atoms with E-state index in [0.717, 1.165) is 6.54 Å². The van der Waals surface area contributed by atoms with Crippen LogP contribution in [0.4, 0.5) is 0 Å². The van der Waals surface area contributed by atoms with Gasteiger partial charge in [-0.1, -0.05) is 20.8 Å². The second-order valence-electron chi connectivity index (χ2n) is 2.91. The van der Waals surface area contributed by atoms with Gasteiger partial charge in [0.15, 0.2) is 6.21 Å². The van der Waals surface area contributed by atoms with Crippen molar-refractivity contribution in [3.8, 4) is 0 Å². The van der Waals surface area contributed by atoms with Gasteiger partial charge in [0.2, 0.25) is 0 Å². The molecule has 0 amide bonds. The molecule has 0 rings (SSSR count). The van der Waals surface area contributed by atoms with Crippen LogP contribution in [0.5, 0.6) is 0 Å². The van der Waals surface area contributed by atoms with E-state index in [1.807, 2.05) is 13.8 Å². The fourth-order valence-corrected chi connectivity index (χ4v) is 0.776. The maximum absolute atomic E-state index is 2.31. The van der Waals surface area contributed by atoms with Gasteiger partial charge in [-0.2, -0.15) is 0 Å². The predicted octanol–water partition coefficient (Wildman–Crippen LogP) is 1.70. The van der Waals surface area contributed by atoms with Gasteiger partial charge in [-0.25, -0.2) is 4.58 Å². The van der Waals surface area contributed by atoms with Crippen LogP contribution in [0.2, 0.25) is 0 Å². The summed E-state index contributed by atoms with van der Waals surface area (Å²) in [4.78, 5) is 2.31. The Bertz CT molecular complexity index is 104. The van der Waals surface area contributed by atoms with Gasteiger partial charge in [-0.3, -0.25) is 4.90 Å². The van der Waals surface area contributed by atoms with Crippen LogP contribution in [0, 0.1) is 0 Å². The molecule has 0 radical (unpaired) electrons. The Balaban J connectivity index is 0. The van der Waals surface area contributed by atoms with E-state index in [1.165, 1.54) is 13.0 Å². The van der Waals surface area contributed by atoms with Crippen molar-refractivity contribution in [2.24, 2.45) is 0 Å². The molecule has 0 aromatic carbocycles. The minimum Gasteiger partial charge on any atom is -0.297 e. The average Bonchev–Trinajstić information content (AvgIpc) is 2.05. The first-order valence-electron chi connectivity index (χ1n) is 4.85. The predicted molar refractivity (Wildman–Crippen MR) is 57.3 cm³/mol. The molecule has 0 aliphatic heterocycles. The van der Waals surface area contributed by atoms with Crippen LogP contribution in [0.15, 0.2) is 0 Å². The molecule has 0 atom stereocenters. The van der Waals surface area contributed by atoms with Crippen molar-refractivity contribution in [2.75, 3.05) is 34.2 Å². The molecular weight excluding hydrogens is 148 g/mol. The second kappa shape index (κ2) is 10.6. The largest absolute Gasteiger partial charge is 0.297 e. The van der Waals surface area contributed by atoms with E-state index in [-0.39, 0.29) is 0 Å². The summed E-state index contributed by atoms with van der Waals surface area (Å²) >= 11 is 0. The molecule has 0 N–H and O–H groups in total. The Labute approximate surface area is 77.9 Å². The van der Waals surface area contributed by atoms with Gasteiger partial charge in [-0.15, -0.1) is 0 Å². The number of nitrogens with zero attached hydrogens (tertiary/aromatic N) is 2. The zero-order valence-electron chi connectivity index (χ0n) is 9.59. The average molecular weight is 173 g/mol. The van der Waals surface area contributed by atoms with Gasteiger partial charge < -0.3 is 0 Å². The molecule has 0 heterocycles. The molecule has 74 valence electrons. The molecule has 2 heteroatoms. The van der Waals surface area contributed by atoms with E-state index in [0.29, 0.717) is 0 Å². The summed E-state index contributed by atoms with van der Waals surface area (Å²) in [5.74, 6) is 0. The lowest BCUT2D eigenvalue weighted by atomic mass is 10.4. The van der Waals surface area contributed by atoms with Crippen LogP contribution in [0.3, 0.4) is 0 Å². The fourth-order valence-electron chi connectivity index (χ4n) is 0.776. The molecule has 0 aliphatic rings. The van der Waals surface area contributed by atoms with Gasteiger partial charge in [0, 0.05) is 0 Å². The Morgan fingerprint density at radius 3 is 2.08 bits per heavy atom. The molecule has 0 saturated carbocycles. The summed E-state index contributed by atoms with van der Waals surface area (Å²) in [6.45, 7) is 8.44. The summed E-state index contributed by atoms with van der Waals surface area (Å²) in [5.41, 5.74) is 0. The van der Waals surface area contributed by atoms with Crippen LogP contribution in [0.25, 0.3) is 0 Å². The van der Waals surface area contributed by atoms with Gasteiger partial charge in [-0.05, 0) is 20.0 Å². The molecule has 0 bridgehead atoms. The third kappa shape index (κ3) is 12.3. The molecule has 0 aliphatic carbocycles. The first-order valence-corrected chi connectivity index (χ1v) is 4.85. The maximum Gasteiger partial charge on any atom is 0.153 e. The summed E-state index contributed by atoms with van der Waals surface area (Å²) in [6, 6.07) is 0. The Morgan fingerprint density at radius 1 is 1.25 bits per heavy atom. The Hall–Kier alpha value is -0.370. The van der Waals surface area contributed by atoms with E-state index in [2.05, 4.69) is 43.8 Å². The Kier molecular flexibility index (Phi) is 12.6. The number of hydrogen-bond acceptors (Lipinski definition) is 1. The Morgan fingerprint density at radius 2 is 1.75 bits per heavy atom. The van der Waals surface area contributed by atoms with Crippen molar-refractivity contribution in [1.29, 1.82) is 0 Å². The van der Waals surface area contributed by atoms with Gasteiger partial charge in [0.05, 0.1) is 6.54 Å². The molecule has 0 fully saturated rings. The third-order valence-electron chi connectivity index (χ3n) is 1.36. The van der Waals surface area contributed by atoms with Crippen molar-refractivity contribution in [1.82, 2.24) is 4.90 Å². The minimum atomic E-state index is 1.06. The van der Waals surface area contributed by atoms with E-state index >= 15 is 0 Å². The van der Waals surface area contributed by atoms with Crippen LogP contribution in [-0.2, 0) is 0 Å². The summed E-state index contributed by atoms with van der Waals surface area (Å²) in [7, 11) is 6.25. The monoisotopic (exact) mass is 173 g/mol. The lowest BCUT2D eigenvalue weighted by Gasteiger charge is -2.09. The maximum atomic E-state index is 2.31. The zero-order chi connectivity index (χ0) is 9.98. The number of hydrogen-bond donors (Lipinski definition) is 0. The van der Waals surface area contributed by atoms with Crippen LogP contribution in [0.1, 0.15) is 27.2 Å². The topological polar surface area (TPSA) is 6.25 Å². The smallest absolute Gasteiger partial charge is 0.153 e. The quantitative estimate of drug-likeness (QED) is 0.463. The van der Waals surface area contributed by atoms with Crippen LogP contribution >= 0.6 is 0 Å². The lowest BCUT2D eigenvalue weighted by molar-refractivity contribution is -0.460. The summed E-state index contributed by atoms with van der Waals surface area (Å²) in [5, 5.41) is 0. The van der Waals surface area contributed by atoms with Gasteiger partial charge in [0.25, 0.3) is 0 Å². The molecule has 0 spiro atoms. The highest BCUT2D eigenvalue weighted by Gasteiger charge is 1.94. The molecule has 12 heavy (non-hydrogen) atoms. The van der Waals surface area contributed by atoms with Gasteiger partial charge in [0.1, 0.15) is 14.1 Å². The molecule has 0 unspecified atom stereocenters. The number of rotatable bonds is 4. The fraction of sp³-hybridized carbons (Fsp3) is 0.900. The summed E-state index contributed by atoms with van der Waals surface area (Å²) in [6.07, 6.45) is 3.41. The first-order chi connectivity index (χ1) is 5.66. The molecular formula is C10H25N2+. The van der Waals surface area contributed by atoms with Crippen LogP contribution in [-0.4, -0.2) is 49.9 Å². The van der Waals surface area contributed by atoms with E-state index in [1.54, 1.807) is 0 Å². The highest BCUT2D eigenvalue weighted by Crippen LogP contribution is 1.82. The highest BCUT2D eigenvalue weighted by atomic mass is 15.1. The van der Waals surface area contributed by atoms with E-state index in [9.17, 15) is 0 Å². The zero-order valence-corrected chi connectivity index (χ0v) is 9.59. The standard InChI is InChI=1S/C8H19N2.C2H6/c1-5-6-10(4)8-7-9(2)3;1-2/h7H,5-6,8H2,1-4H3;1-2H3/q+1;. The molecule has 0 aromatic heterocycles. The highest BCUT2D eigenvalue weighted by molar-refractivity contribution is 5.53. The van der Waals surface area contributed by atoms with Crippen molar-refractivity contribution in [3.05, 3.63) is 0 Å². The summed E-state index contributed by atoms with van der Waals surface area (Å²) < 4.78 is 2.09. The van der Waals surface area contributed by atoms with Gasteiger partial charge >= 0.3 is 0 Å². The SMILES string of the molecule is CC.CCCN(C)CC=[N+](C)C. The molecule has 2 nitrogen and oxygen atoms in total. The van der Waals surface area contributed by atoms with Crippen molar-refractivity contribution in [2.45, 2.75) is 27.2 Å². The van der Waals surface area contributed by atoms with Crippen molar-refractivity contribution in [3.63, 3.8) is 0 Å². The van der Waals surface area contributed by atoms with E-state index in [4.69, 9.17) is 0 Å². The minimum absolute atomic E-state index is 1.06. The first kappa shape index (κ1) is 14.2. The van der Waals surface area contributed by atoms with E-state index < -0.39 is 0 Å². The molecule has 0 saturated heterocycles. The molecule has 0 aromatic rings. The van der Waals surface area contributed by atoms with Crippen molar-refractivity contribution >= 4 is 6.21 Å². The van der Waals surface area contributed by atoms with Crippen molar-refractivity contribution < 1.29 is 4.58 Å². The lowest BCUT2D eigenvalue weighted by Crippen LogP contribution is -2.23.